The minimum atomic E-state index is -1.12. The molecule has 6 N–H and O–H groups in total. The number of carbonyl (C=O) groups excluding carboxylic acids is 3. The third-order valence-corrected chi connectivity index (χ3v) is 3.88. The molecule has 0 saturated heterocycles. The fourth-order valence-electron chi connectivity index (χ4n) is 2.01. The lowest BCUT2D eigenvalue weighted by molar-refractivity contribution is -0.144. The molecule has 0 aromatic carbocycles. The summed E-state index contributed by atoms with van der Waals surface area (Å²) in [7, 11) is 0. The minimum Gasteiger partial charge on any atom is -0.480 e. The molecule has 9 heteroatoms. The van der Waals surface area contributed by atoms with Crippen LogP contribution in [0, 0.1) is 11.8 Å². The van der Waals surface area contributed by atoms with Gasteiger partial charge in [0.1, 0.15) is 12.1 Å². The van der Waals surface area contributed by atoms with Crippen molar-refractivity contribution in [2.45, 2.75) is 59.2 Å². The Bertz CT molecular complexity index is 493. The molecule has 3 amide bonds. The molecule has 0 aliphatic heterocycles. The van der Waals surface area contributed by atoms with Crippen LogP contribution in [0.25, 0.3) is 0 Å². The number of rotatable bonds is 10. The maximum atomic E-state index is 12.4. The summed E-state index contributed by atoms with van der Waals surface area (Å²) in [5.41, 5.74) is 5.38. The number of aliphatic carboxylic acids is 1. The lowest BCUT2D eigenvalue weighted by Crippen LogP contribution is -2.56. The predicted octanol–water partition coefficient (Wildman–Crippen LogP) is -0.794. The summed E-state index contributed by atoms with van der Waals surface area (Å²) in [6.45, 7) is 8.18. The van der Waals surface area contributed by atoms with Crippen molar-refractivity contribution in [3.8, 4) is 0 Å². The van der Waals surface area contributed by atoms with Gasteiger partial charge >= 0.3 is 5.97 Å². The molecule has 0 rings (SSSR count). The molecule has 4 atom stereocenters. The highest BCUT2D eigenvalue weighted by molar-refractivity contribution is 5.92. The quantitative estimate of drug-likeness (QED) is 0.345. The first kappa shape index (κ1) is 22.8. The first-order chi connectivity index (χ1) is 11.5. The lowest BCUT2D eigenvalue weighted by atomic mass is 9.97. The van der Waals surface area contributed by atoms with E-state index in [4.69, 9.17) is 5.73 Å². The topological polar surface area (TPSA) is 151 Å². The maximum absolute atomic E-state index is 12.4. The largest absolute Gasteiger partial charge is 0.480 e. The van der Waals surface area contributed by atoms with Gasteiger partial charge in [-0.1, -0.05) is 34.1 Å². The molecule has 4 unspecified atom stereocenters. The Kier molecular flexibility index (Phi) is 9.73. The van der Waals surface area contributed by atoms with Gasteiger partial charge in [0.05, 0.1) is 12.6 Å². The van der Waals surface area contributed by atoms with E-state index in [0.29, 0.717) is 6.42 Å². The molecule has 0 heterocycles. The van der Waals surface area contributed by atoms with Crippen molar-refractivity contribution < 1.29 is 24.3 Å². The lowest BCUT2D eigenvalue weighted by Gasteiger charge is -2.26. The number of hydrogen-bond acceptors (Lipinski definition) is 5. The SMILES string of the molecule is CCC(C)C(NC(=O)C(NC(=O)CNC(=O)C(C)N)C(C)C)C(=O)O. The van der Waals surface area contributed by atoms with E-state index < -0.39 is 41.8 Å². The van der Waals surface area contributed by atoms with Gasteiger partial charge in [0.25, 0.3) is 0 Å². The third kappa shape index (κ3) is 7.97. The molecular weight excluding hydrogens is 328 g/mol. The zero-order valence-corrected chi connectivity index (χ0v) is 15.5. The summed E-state index contributed by atoms with van der Waals surface area (Å²) in [5, 5.41) is 16.6. The number of amides is 3. The van der Waals surface area contributed by atoms with Gasteiger partial charge in [-0.2, -0.15) is 0 Å². The number of carboxylic acids is 1. The van der Waals surface area contributed by atoms with Crippen LogP contribution in [0.1, 0.15) is 41.0 Å². The maximum Gasteiger partial charge on any atom is 0.326 e. The molecule has 0 aliphatic carbocycles. The Morgan fingerprint density at radius 2 is 1.52 bits per heavy atom. The van der Waals surface area contributed by atoms with Crippen LogP contribution in [0.15, 0.2) is 0 Å². The minimum absolute atomic E-state index is 0.254. The first-order valence-electron chi connectivity index (χ1n) is 8.37. The van der Waals surface area contributed by atoms with Crippen LogP contribution in [0.2, 0.25) is 0 Å². The average Bonchev–Trinajstić information content (AvgIpc) is 2.53. The predicted molar refractivity (Wildman–Crippen MR) is 92.4 cm³/mol. The summed E-state index contributed by atoms with van der Waals surface area (Å²) in [4.78, 5) is 47.0. The summed E-state index contributed by atoms with van der Waals surface area (Å²) in [6, 6.07) is -2.69. The van der Waals surface area contributed by atoms with Crippen LogP contribution in [0.4, 0.5) is 0 Å². The van der Waals surface area contributed by atoms with E-state index in [1.54, 1.807) is 20.8 Å². The number of nitrogens with two attached hydrogens (primary N) is 1. The van der Waals surface area contributed by atoms with Gasteiger partial charge in [0.2, 0.25) is 17.7 Å². The first-order valence-corrected chi connectivity index (χ1v) is 8.37. The van der Waals surface area contributed by atoms with Crippen LogP contribution in [-0.2, 0) is 19.2 Å². The second kappa shape index (κ2) is 10.7. The highest BCUT2D eigenvalue weighted by Gasteiger charge is 2.31. The smallest absolute Gasteiger partial charge is 0.326 e. The molecule has 144 valence electrons. The third-order valence-electron chi connectivity index (χ3n) is 3.88. The molecule has 25 heavy (non-hydrogen) atoms. The molecule has 0 aromatic heterocycles. The fraction of sp³-hybridized carbons (Fsp3) is 0.750. The second-order valence-corrected chi connectivity index (χ2v) is 6.51. The van der Waals surface area contributed by atoms with Gasteiger partial charge in [-0.15, -0.1) is 0 Å². The van der Waals surface area contributed by atoms with Crippen molar-refractivity contribution in [1.82, 2.24) is 16.0 Å². The van der Waals surface area contributed by atoms with E-state index in [2.05, 4.69) is 16.0 Å². The van der Waals surface area contributed by atoms with Crippen molar-refractivity contribution in [1.29, 1.82) is 0 Å². The zero-order chi connectivity index (χ0) is 19.7. The summed E-state index contributed by atoms with van der Waals surface area (Å²) in [6.07, 6.45) is 0.583. The Balaban J connectivity index is 4.87. The van der Waals surface area contributed by atoms with Gasteiger partial charge in [0, 0.05) is 0 Å². The molecule has 0 aliphatic rings. The molecule has 0 radical (unpaired) electrons. The van der Waals surface area contributed by atoms with Crippen LogP contribution in [0.5, 0.6) is 0 Å². The van der Waals surface area contributed by atoms with Crippen LogP contribution in [0.3, 0.4) is 0 Å². The van der Waals surface area contributed by atoms with Crippen LogP contribution >= 0.6 is 0 Å². The summed E-state index contributed by atoms with van der Waals surface area (Å²) >= 11 is 0. The Morgan fingerprint density at radius 1 is 0.960 bits per heavy atom. The summed E-state index contributed by atoms with van der Waals surface area (Å²) < 4.78 is 0. The van der Waals surface area contributed by atoms with Gasteiger partial charge < -0.3 is 26.8 Å². The second-order valence-electron chi connectivity index (χ2n) is 6.51. The van der Waals surface area contributed by atoms with E-state index >= 15 is 0 Å². The molecule has 0 aromatic rings. The van der Waals surface area contributed by atoms with Crippen molar-refractivity contribution >= 4 is 23.7 Å². The van der Waals surface area contributed by atoms with Gasteiger partial charge in [-0.05, 0) is 18.8 Å². The Labute approximate surface area is 148 Å². The molecular formula is C16H30N4O5. The molecule has 0 fully saturated rings. The van der Waals surface area contributed by atoms with Crippen LogP contribution in [-0.4, -0.2) is 53.5 Å². The van der Waals surface area contributed by atoms with Gasteiger partial charge in [0.15, 0.2) is 0 Å². The molecule has 0 bridgehead atoms. The van der Waals surface area contributed by atoms with Crippen molar-refractivity contribution in [2.75, 3.05) is 6.54 Å². The Morgan fingerprint density at radius 3 is 1.92 bits per heavy atom. The van der Waals surface area contributed by atoms with E-state index in [0.717, 1.165) is 0 Å². The van der Waals surface area contributed by atoms with Crippen LogP contribution < -0.4 is 21.7 Å². The fourth-order valence-corrected chi connectivity index (χ4v) is 2.01. The number of carbonyl (C=O) groups is 4. The standard InChI is InChI=1S/C16H30N4O5/c1-6-9(4)13(16(24)25)20-15(23)12(8(2)3)19-11(21)7-18-14(22)10(5)17/h8-10,12-13H,6-7,17H2,1-5H3,(H,18,22)(H,19,21)(H,20,23)(H,24,25). The number of nitrogens with one attached hydrogen (secondary N) is 3. The van der Waals surface area contributed by atoms with Crippen molar-refractivity contribution in [3.05, 3.63) is 0 Å². The van der Waals surface area contributed by atoms with Crippen molar-refractivity contribution in [3.63, 3.8) is 0 Å². The van der Waals surface area contributed by atoms with E-state index in [1.165, 1.54) is 6.92 Å². The number of hydrogen-bond donors (Lipinski definition) is 5. The molecule has 0 saturated carbocycles. The van der Waals surface area contributed by atoms with Crippen molar-refractivity contribution in [2.24, 2.45) is 17.6 Å². The highest BCUT2D eigenvalue weighted by Crippen LogP contribution is 2.10. The Hall–Kier alpha value is -2.16. The average molecular weight is 358 g/mol. The summed E-state index contributed by atoms with van der Waals surface area (Å²) in [5.74, 6) is -3.26. The van der Waals surface area contributed by atoms with E-state index in [1.807, 2.05) is 6.92 Å². The van der Waals surface area contributed by atoms with E-state index in [-0.39, 0.29) is 18.4 Å². The van der Waals surface area contributed by atoms with Gasteiger partial charge in [-0.3, -0.25) is 14.4 Å². The monoisotopic (exact) mass is 358 g/mol. The molecule has 9 nitrogen and oxygen atoms in total. The zero-order valence-electron chi connectivity index (χ0n) is 15.5. The highest BCUT2D eigenvalue weighted by atomic mass is 16.4. The molecule has 0 spiro atoms. The van der Waals surface area contributed by atoms with E-state index in [9.17, 15) is 24.3 Å². The number of carboxylic acid groups (broad SMARTS) is 1. The van der Waals surface area contributed by atoms with Gasteiger partial charge in [-0.25, -0.2) is 4.79 Å². The normalized spacial score (nSPS) is 15.6.